The van der Waals surface area contributed by atoms with Crippen LogP contribution in [0, 0.1) is 0 Å². The molecule has 1 aliphatic rings. The molecular weight excluding hydrogens is 494 g/mol. The molecule has 2 aromatic carbocycles. The van der Waals surface area contributed by atoms with Gasteiger partial charge in [-0.3, -0.25) is 8.83 Å². The Bertz CT molecular complexity index is 1250. The van der Waals surface area contributed by atoms with Gasteiger partial charge in [-0.25, -0.2) is 9.97 Å². The van der Waals surface area contributed by atoms with Crippen molar-refractivity contribution in [1.82, 2.24) is 19.9 Å². The number of nitrogens with one attached hydrogen (secondary N) is 1. The molecule has 0 saturated carbocycles. The zero-order valence-corrected chi connectivity index (χ0v) is 20.3. The second kappa shape index (κ2) is 10.3. The van der Waals surface area contributed by atoms with Crippen molar-refractivity contribution in [3.8, 4) is 11.1 Å². The van der Waals surface area contributed by atoms with E-state index < -0.39 is 0 Å². The number of halogens is 1. The van der Waals surface area contributed by atoms with Crippen LogP contribution in [0.2, 0.25) is 0 Å². The SMILES string of the molecule is Nc1nc(N(Br)c2ccccc2)c2cc(-c3ccc(NCCN4CCOCC4)nc3)ccc2n1. The third kappa shape index (κ3) is 5.11. The maximum Gasteiger partial charge on any atom is 0.222 e. The van der Waals surface area contributed by atoms with E-state index in [2.05, 4.69) is 53.4 Å². The van der Waals surface area contributed by atoms with Gasteiger partial charge in [0.25, 0.3) is 0 Å². The summed E-state index contributed by atoms with van der Waals surface area (Å²) >= 11 is 3.65. The smallest absolute Gasteiger partial charge is 0.222 e. The summed E-state index contributed by atoms with van der Waals surface area (Å²) in [7, 11) is 0. The number of para-hydroxylation sites is 1. The van der Waals surface area contributed by atoms with Crippen molar-refractivity contribution in [3.05, 3.63) is 66.9 Å². The highest BCUT2D eigenvalue weighted by molar-refractivity contribution is 9.10. The van der Waals surface area contributed by atoms with Crippen LogP contribution in [-0.2, 0) is 4.74 Å². The number of nitrogens with zero attached hydrogens (tertiary/aromatic N) is 5. The largest absolute Gasteiger partial charge is 0.379 e. The number of fused-ring (bicyclic) bond motifs is 1. The van der Waals surface area contributed by atoms with E-state index in [1.54, 1.807) is 0 Å². The van der Waals surface area contributed by atoms with Crippen molar-refractivity contribution in [2.24, 2.45) is 0 Å². The first-order valence-corrected chi connectivity index (χ1v) is 12.0. The summed E-state index contributed by atoms with van der Waals surface area (Å²) in [5.41, 5.74) is 9.77. The summed E-state index contributed by atoms with van der Waals surface area (Å²) in [5, 5.41) is 4.30. The number of benzene rings is 2. The highest BCUT2D eigenvalue weighted by atomic mass is 79.9. The van der Waals surface area contributed by atoms with E-state index in [-0.39, 0.29) is 5.95 Å². The first-order valence-electron chi connectivity index (χ1n) is 11.3. The van der Waals surface area contributed by atoms with Gasteiger partial charge in [0.05, 0.1) is 40.6 Å². The number of pyridine rings is 1. The van der Waals surface area contributed by atoms with E-state index in [1.165, 1.54) is 0 Å². The van der Waals surface area contributed by atoms with Crippen LogP contribution in [0.15, 0.2) is 66.9 Å². The highest BCUT2D eigenvalue weighted by Gasteiger charge is 2.15. The molecule has 0 radical (unpaired) electrons. The fourth-order valence-electron chi connectivity index (χ4n) is 3.98. The van der Waals surface area contributed by atoms with Crippen molar-refractivity contribution in [1.29, 1.82) is 0 Å². The van der Waals surface area contributed by atoms with Crippen LogP contribution in [0.25, 0.3) is 22.0 Å². The Morgan fingerprint density at radius 1 is 1.00 bits per heavy atom. The molecule has 0 bridgehead atoms. The van der Waals surface area contributed by atoms with Crippen LogP contribution in [0.3, 0.4) is 0 Å². The summed E-state index contributed by atoms with van der Waals surface area (Å²) < 4.78 is 7.25. The number of aromatic nitrogens is 3. The maximum absolute atomic E-state index is 6.00. The Hall–Kier alpha value is -3.27. The third-order valence-corrected chi connectivity index (χ3v) is 6.54. The molecule has 3 N–H and O–H groups in total. The minimum Gasteiger partial charge on any atom is -0.379 e. The molecule has 34 heavy (non-hydrogen) atoms. The molecule has 1 aliphatic heterocycles. The molecule has 0 aliphatic carbocycles. The lowest BCUT2D eigenvalue weighted by Gasteiger charge is -2.26. The molecule has 8 nitrogen and oxygen atoms in total. The Morgan fingerprint density at radius 3 is 2.56 bits per heavy atom. The zero-order chi connectivity index (χ0) is 23.3. The van der Waals surface area contributed by atoms with E-state index in [0.717, 1.165) is 72.9 Å². The van der Waals surface area contributed by atoms with Crippen LogP contribution in [0.4, 0.5) is 23.3 Å². The van der Waals surface area contributed by atoms with Crippen LogP contribution in [0.5, 0.6) is 0 Å². The Kier molecular flexibility index (Phi) is 6.84. The highest BCUT2D eigenvalue weighted by Crippen LogP contribution is 2.35. The lowest BCUT2D eigenvalue weighted by molar-refractivity contribution is 0.0398. The van der Waals surface area contributed by atoms with Crippen LogP contribution < -0.4 is 15.0 Å². The van der Waals surface area contributed by atoms with Crippen molar-refractivity contribution in [2.75, 3.05) is 54.4 Å². The second-order valence-electron chi connectivity index (χ2n) is 8.07. The molecule has 9 heteroatoms. The van der Waals surface area contributed by atoms with Gasteiger partial charge < -0.3 is 15.8 Å². The number of ether oxygens (including phenoxy) is 1. The zero-order valence-electron chi connectivity index (χ0n) is 18.7. The molecule has 3 heterocycles. The number of rotatable bonds is 7. The monoisotopic (exact) mass is 519 g/mol. The molecule has 0 spiro atoms. The average Bonchev–Trinajstić information content (AvgIpc) is 2.89. The third-order valence-electron chi connectivity index (χ3n) is 5.80. The lowest BCUT2D eigenvalue weighted by atomic mass is 10.0. The fourth-order valence-corrected chi connectivity index (χ4v) is 4.48. The van der Waals surface area contributed by atoms with E-state index in [0.29, 0.717) is 5.82 Å². The van der Waals surface area contributed by atoms with Crippen molar-refractivity contribution < 1.29 is 4.74 Å². The van der Waals surface area contributed by atoms with Crippen LogP contribution >= 0.6 is 16.1 Å². The summed E-state index contributed by atoms with van der Waals surface area (Å²) in [6, 6.07) is 20.1. The number of nitrogens with two attached hydrogens (primary N) is 1. The molecule has 0 unspecified atom stereocenters. The second-order valence-corrected chi connectivity index (χ2v) is 8.78. The first-order chi connectivity index (χ1) is 16.7. The van der Waals surface area contributed by atoms with Gasteiger partial charge >= 0.3 is 0 Å². The van der Waals surface area contributed by atoms with Crippen LogP contribution in [-0.4, -0.2) is 59.2 Å². The van der Waals surface area contributed by atoms with E-state index in [4.69, 9.17) is 10.5 Å². The predicted molar refractivity (Wildman–Crippen MR) is 140 cm³/mol. The van der Waals surface area contributed by atoms with E-state index >= 15 is 0 Å². The van der Waals surface area contributed by atoms with Gasteiger partial charge in [-0.2, -0.15) is 4.98 Å². The molecule has 1 fully saturated rings. The summed E-state index contributed by atoms with van der Waals surface area (Å²) in [6.07, 6.45) is 1.89. The van der Waals surface area contributed by atoms with E-state index in [9.17, 15) is 0 Å². The molecule has 5 rings (SSSR count). The first kappa shape index (κ1) is 22.5. The van der Waals surface area contributed by atoms with Gasteiger partial charge in [0, 0.05) is 43.3 Å². The van der Waals surface area contributed by atoms with Crippen molar-refractivity contribution >= 4 is 50.3 Å². The molecular formula is C25H26BrN7O. The number of hydrogen-bond acceptors (Lipinski definition) is 8. The Labute approximate surface area is 207 Å². The van der Waals surface area contributed by atoms with Gasteiger partial charge in [0.2, 0.25) is 5.95 Å². The summed E-state index contributed by atoms with van der Waals surface area (Å²) in [5.74, 6) is 1.78. The summed E-state index contributed by atoms with van der Waals surface area (Å²) in [6.45, 7) is 5.44. The quantitative estimate of drug-likeness (QED) is 0.345. The maximum atomic E-state index is 6.00. The minimum atomic E-state index is 0.227. The molecule has 0 atom stereocenters. The van der Waals surface area contributed by atoms with E-state index in [1.807, 2.05) is 58.7 Å². The molecule has 2 aromatic heterocycles. The summed E-state index contributed by atoms with van der Waals surface area (Å²) in [4.78, 5) is 15.9. The topological polar surface area (TPSA) is 92.4 Å². The average molecular weight is 520 g/mol. The Morgan fingerprint density at radius 2 is 1.79 bits per heavy atom. The normalized spacial score (nSPS) is 14.3. The lowest BCUT2D eigenvalue weighted by Crippen LogP contribution is -2.39. The molecule has 1 saturated heterocycles. The van der Waals surface area contributed by atoms with Crippen molar-refractivity contribution in [3.63, 3.8) is 0 Å². The fraction of sp³-hybridized carbons (Fsp3) is 0.240. The van der Waals surface area contributed by atoms with Gasteiger partial charge in [-0.1, -0.05) is 24.3 Å². The standard InChI is InChI=1S/C25H26BrN7O/c26-33(20-4-2-1-3-5-20)24-21-16-18(6-8-22(21)30-25(27)31-24)19-7-9-23(29-17-19)28-10-11-32-12-14-34-15-13-32/h1-9,16-17H,10-15H2,(H,28,29)(H2,27,30,31). The number of anilines is 4. The Balaban J connectivity index is 1.36. The van der Waals surface area contributed by atoms with Gasteiger partial charge in [0.15, 0.2) is 5.82 Å². The molecule has 0 amide bonds. The number of morpholine rings is 1. The minimum absolute atomic E-state index is 0.227. The van der Waals surface area contributed by atoms with Crippen molar-refractivity contribution in [2.45, 2.75) is 0 Å². The van der Waals surface area contributed by atoms with Crippen LogP contribution in [0.1, 0.15) is 0 Å². The number of hydrogen-bond donors (Lipinski definition) is 2. The predicted octanol–water partition coefficient (Wildman–Crippen LogP) is 4.47. The molecule has 174 valence electrons. The molecule has 4 aromatic rings. The number of nitrogen functional groups attached to an aromatic ring is 1. The van der Waals surface area contributed by atoms with Gasteiger partial charge in [-0.05, 0) is 42.0 Å². The van der Waals surface area contributed by atoms with Gasteiger partial charge in [0.1, 0.15) is 5.82 Å². The van der Waals surface area contributed by atoms with Gasteiger partial charge in [-0.15, -0.1) is 0 Å².